The largest absolute Gasteiger partial charge is 0.370 e. The second-order valence-corrected chi connectivity index (χ2v) is 11.4. The lowest BCUT2D eigenvalue weighted by molar-refractivity contribution is -0.137. The van der Waals surface area contributed by atoms with Gasteiger partial charge in [0.05, 0.1) is 6.67 Å². The highest BCUT2D eigenvalue weighted by atomic mass is 16.2. The first kappa shape index (κ1) is 29.8. The summed E-state index contributed by atoms with van der Waals surface area (Å²) in [7, 11) is 0. The molecule has 2 fully saturated rings. The fraction of sp³-hybridized carbons (Fsp3) is 0.375. The van der Waals surface area contributed by atoms with Gasteiger partial charge in [0.15, 0.2) is 5.96 Å². The number of piperidine rings is 1. The van der Waals surface area contributed by atoms with Gasteiger partial charge in [0.1, 0.15) is 18.1 Å². The van der Waals surface area contributed by atoms with E-state index in [0.29, 0.717) is 32.2 Å². The van der Waals surface area contributed by atoms with Crippen molar-refractivity contribution in [3.63, 3.8) is 0 Å². The second kappa shape index (κ2) is 13.1. The zero-order chi connectivity index (χ0) is 30.4. The van der Waals surface area contributed by atoms with E-state index in [0.717, 1.165) is 25.3 Å². The van der Waals surface area contributed by atoms with E-state index in [-0.39, 0.29) is 25.1 Å². The molecule has 5 rings (SSSR count). The summed E-state index contributed by atoms with van der Waals surface area (Å²) in [6.07, 6.45) is 2.05. The van der Waals surface area contributed by atoms with Crippen molar-refractivity contribution in [2.24, 2.45) is 11.5 Å². The van der Waals surface area contributed by atoms with Gasteiger partial charge in [0, 0.05) is 31.9 Å². The summed E-state index contributed by atoms with van der Waals surface area (Å²) < 4.78 is 0. The standard InChI is InChI=1S/C32H40N8O3/c33-29(42)27(14-7-17-36-31(34)35)37-28(41)21-39-22-40(25-11-2-1-3-12-25)32(30(39)43)15-18-38(19-16-32)20-24-10-6-9-23-8-4-5-13-26(23)24/h1-6,8-13,27H,7,14-22H2,(H2,33,42)(H,37,41)(H4,34,35,36)/t27-/m0/s1. The molecular weight excluding hydrogens is 544 g/mol. The average molecular weight is 585 g/mol. The lowest BCUT2D eigenvalue weighted by Gasteiger charge is -2.43. The predicted molar refractivity (Wildman–Crippen MR) is 167 cm³/mol. The first-order chi connectivity index (χ1) is 20.8. The minimum absolute atomic E-state index is 0.0717. The highest BCUT2D eigenvalue weighted by Gasteiger charge is 2.54. The summed E-state index contributed by atoms with van der Waals surface area (Å²) in [5.41, 5.74) is 12.3. The van der Waals surface area contributed by atoms with E-state index in [4.69, 9.17) is 16.9 Å². The summed E-state index contributed by atoms with van der Waals surface area (Å²) in [5, 5.41) is 15.1. The van der Waals surface area contributed by atoms with Crippen molar-refractivity contribution in [2.75, 3.05) is 37.7 Å². The number of fused-ring (bicyclic) bond motifs is 1. The summed E-state index contributed by atoms with van der Waals surface area (Å²) in [5.74, 6) is -1.32. The van der Waals surface area contributed by atoms with E-state index >= 15 is 0 Å². The Balaban J connectivity index is 1.27. The van der Waals surface area contributed by atoms with Gasteiger partial charge < -0.3 is 31.9 Å². The number of likely N-dealkylation sites (tertiary alicyclic amines) is 1. The predicted octanol–water partition coefficient (Wildman–Crippen LogP) is 1.71. The fourth-order valence-electron chi connectivity index (χ4n) is 6.30. The number of nitrogens with two attached hydrogens (primary N) is 2. The number of nitrogens with zero attached hydrogens (tertiary/aromatic N) is 3. The first-order valence-corrected chi connectivity index (χ1v) is 14.7. The van der Waals surface area contributed by atoms with Gasteiger partial charge in [0.25, 0.3) is 0 Å². The molecule has 2 aliphatic rings. The van der Waals surface area contributed by atoms with Crippen LogP contribution < -0.4 is 27.0 Å². The van der Waals surface area contributed by atoms with Crippen LogP contribution in [0.25, 0.3) is 10.8 Å². The Hall–Kier alpha value is -4.64. The Labute approximate surface area is 251 Å². The van der Waals surface area contributed by atoms with E-state index in [9.17, 15) is 14.4 Å². The smallest absolute Gasteiger partial charge is 0.250 e. The van der Waals surface area contributed by atoms with Crippen LogP contribution in [0, 0.1) is 5.41 Å². The maximum atomic E-state index is 14.1. The van der Waals surface area contributed by atoms with Crippen molar-refractivity contribution in [2.45, 2.75) is 43.8 Å². The molecule has 226 valence electrons. The molecule has 2 aliphatic heterocycles. The molecule has 11 nitrogen and oxygen atoms in total. The van der Waals surface area contributed by atoms with E-state index in [1.54, 1.807) is 4.90 Å². The first-order valence-electron chi connectivity index (χ1n) is 14.7. The highest BCUT2D eigenvalue weighted by molar-refractivity contribution is 5.97. The lowest BCUT2D eigenvalue weighted by atomic mass is 9.85. The molecule has 1 atom stereocenters. The third-order valence-corrected chi connectivity index (χ3v) is 8.54. The minimum atomic E-state index is -0.879. The van der Waals surface area contributed by atoms with Gasteiger partial charge in [-0.15, -0.1) is 0 Å². The van der Waals surface area contributed by atoms with Gasteiger partial charge in [-0.05, 0) is 54.2 Å². The number of rotatable bonds is 11. The molecule has 0 radical (unpaired) electrons. The van der Waals surface area contributed by atoms with Crippen molar-refractivity contribution in [3.05, 3.63) is 78.4 Å². The molecule has 11 heteroatoms. The molecule has 2 heterocycles. The van der Waals surface area contributed by atoms with Crippen LogP contribution in [0.4, 0.5) is 5.69 Å². The lowest BCUT2D eigenvalue weighted by Crippen LogP contribution is -2.56. The molecule has 0 unspecified atom stereocenters. The van der Waals surface area contributed by atoms with E-state index in [1.807, 2.05) is 30.3 Å². The number of nitrogens with one attached hydrogen (secondary N) is 3. The molecule has 3 amide bonds. The van der Waals surface area contributed by atoms with Gasteiger partial charge >= 0.3 is 0 Å². The summed E-state index contributed by atoms with van der Waals surface area (Å²) in [6.45, 7) is 2.79. The SMILES string of the molecule is N=C(N)NCCC[C@H](NC(=O)CN1CN(c2ccccc2)C2(CCN(Cc3cccc4ccccc34)CC2)C1=O)C(N)=O. The maximum Gasteiger partial charge on any atom is 0.250 e. The fourth-order valence-corrected chi connectivity index (χ4v) is 6.30. The Kier molecular flexibility index (Phi) is 9.10. The topological polar surface area (TPSA) is 161 Å². The van der Waals surface area contributed by atoms with Crippen molar-refractivity contribution in [1.29, 1.82) is 5.41 Å². The van der Waals surface area contributed by atoms with Crippen LogP contribution in [0.5, 0.6) is 0 Å². The number of guanidine groups is 1. The number of hydrogen-bond donors (Lipinski definition) is 5. The molecule has 0 aliphatic carbocycles. The molecule has 1 spiro atoms. The third kappa shape index (κ3) is 6.72. The van der Waals surface area contributed by atoms with Crippen LogP contribution in [-0.4, -0.2) is 77.9 Å². The average Bonchev–Trinajstić information content (AvgIpc) is 3.26. The number of carbonyl (C=O) groups is 3. The van der Waals surface area contributed by atoms with Gasteiger partial charge in [-0.25, -0.2) is 0 Å². The zero-order valence-electron chi connectivity index (χ0n) is 24.3. The van der Waals surface area contributed by atoms with Crippen LogP contribution in [0.2, 0.25) is 0 Å². The Bertz CT molecular complexity index is 1470. The van der Waals surface area contributed by atoms with Crippen LogP contribution >= 0.6 is 0 Å². The van der Waals surface area contributed by atoms with Crippen LogP contribution in [0.15, 0.2) is 72.8 Å². The maximum absolute atomic E-state index is 14.1. The van der Waals surface area contributed by atoms with E-state index < -0.39 is 23.4 Å². The summed E-state index contributed by atoms with van der Waals surface area (Å²) in [6, 6.07) is 23.8. The molecule has 3 aromatic rings. The van der Waals surface area contributed by atoms with Gasteiger partial charge in [0.2, 0.25) is 17.7 Å². The van der Waals surface area contributed by atoms with Crippen molar-refractivity contribution < 1.29 is 14.4 Å². The van der Waals surface area contributed by atoms with Crippen LogP contribution in [-0.2, 0) is 20.9 Å². The van der Waals surface area contributed by atoms with Crippen molar-refractivity contribution in [1.82, 2.24) is 20.4 Å². The van der Waals surface area contributed by atoms with Gasteiger partial charge in [-0.2, -0.15) is 0 Å². The number of hydrogen-bond acceptors (Lipinski definition) is 6. The number of benzene rings is 3. The molecule has 2 saturated heterocycles. The number of primary amides is 1. The second-order valence-electron chi connectivity index (χ2n) is 11.4. The molecule has 7 N–H and O–H groups in total. The Morgan fingerprint density at radius 1 is 0.953 bits per heavy atom. The molecule has 0 aromatic heterocycles. The number of anilines is 1. The minimum Gasteiger partial charge on any atom is -0.370 e. The van der Waals surface area contributed by atoms with Crippen LogP contribution in [0.3, 0.4) is 0 Å². The normalized spacial score (nSPS) is 17.3. The van der Waals surface area contributed by atoms with E-state index in [2.05, 4.69) is 62.9 Å². The monoisotopic (exact) mass is 584 g/mol. The summed E-state index contributed by atoms with van der Waals surface area (Å²) >= 11 is 0. The number of carbonyl (C=O) groups excluding carboxylic acids is 3. The number of amides is 3. The zero-order valence-corrected chi connectivity index (χ0v) is 24.3. The molecular formula is C32H40N8O3. The van der Waals surface area contributed by atoms with E-state index in [1.165, 1.54) is 16.3 Å². The van der Waals surface area contributed by atoms with Gasteiger partial charge in [-0.1, -0.05) is 60.7 Å². The van der Waals surface area contributed by atoms with Crippen molar-refractivity contribution >= 4 is 40.1 Å². The quantitative estimate of drug-likeness (QED) is 0.130. The van der Waals surface area contributed by atoms with Crippen LogP contribution in [0.1, 0.15) is 31.2 Å². The van der Waals surface area contributed by atoms with Crippen molar-refractivity contribution in [3.8, 4) is 0 Å². The number of para-hydroxylation sites is 1. The Morgan fingerprint density at radius 2 is 1.65 bits per heavy atom. The molecule has 0 saturated carbocycles. The molecule has 43 heavy (non-hydrogen) atoms. The highest BCUT2D eigenvalue weighted by Crippen LogP contribution is 2.39. The molecule has 3 aromatic carbocycles. The van der Waals surface area contributed by atoms with Gasteiger partial charge in [-0.3, -0.25) is 24.7 Å². The molecule has 0 bridgehead atoms. The Morgan fingerprint density at radius 3 is 2.37 bits per heavy atom. The summed E-state index contributed by atoms with van der Waals surface area (Å²) in [4.78, 5) is 45.3. The third-order valence-electron chi connectivity index (χ3n) is 8.54.